The molecule has 0 saturated carbocycles. The van der Waals surface area contributed by atoms with Gasteiger partial charge in [0.1, 0.15) is 5.82 Å². The predicted molar refractivity (Wildman–Crippen MR) is 87.1 cm³/mol. The van der Waals surface area contributed by atoms with Crippen LogP contribution in [0.3, 0.4) is 0 Å². The molecule has 0 amide bonds. The fourth-order valence-electron chi connectivity index (χ4n) is 1.89. The number of hydrogen-bond acceptors (Lipinski definition) is 4. The second-order valence-electron chi connectivity index (χ2n) is 4.05. The number of aliphatic imine (C=N–C) groups is 1. The first-order chi connectivity index (χ1) is 8.81. The Morgan fingerprint density at radius 1 is 1.53 bits per heavy atom. The third-order valence-electron chi connectivity index (χ3n) is 2.88. The van der Waals surface area contributed by atoms with Crippen LogP contribution in [-0.2, 0) is 11.3 Å². The number of guanidine groups is 1. The van der Waals surface area contributed by atoms with E-state index in [2.05, 4.69) is 20.2 Å². The quantitative estimate of drug-likeness (QED) is 0.458. The molecule has 0 radical (unpaired) electrons. The Morgan fingerprint density at radius 2 is 2.26 bits per heavy atom. The lowest BCUT2D eigenvalue weighted by molar-refractivity contribution is 0.122. The summed E-state index contributed by atoms with van der Waals surface area (Å²) in [5.74, 6) is 1.43. The van der Waals surface area contributed by atoms with Crippen molar-refractivity contribution >= 4 is 35.8 Å². The van der Waals surface area contributed by atoms with E-state index in [9.17, 15) is 0 Å². The number of nitrogens with one attached hydrogen (secondary N) is 1. The fraction of sp³-hybridized carbons (Fsp3) is 0.500. The van der Waals surface area contributed by atoms with Gasteiger partial charge in [-0.25, -0.2) is 4.98 Å². The van der Waals surface area contributed by atoms with Gasteiger partial charge in [-0.2, -0.15) is 0 Å². The Balaban J connectivity index is 0.00000180. The van der Waals surface area contributed by atoms with Gasteiger partial charge in [-0.05, 0) is 6.07 Å². The standard InChI is InChI=1S/C12H19N5O.HI/c1-14-12(13)16-9-10-3-2-4-15-11(10)17-5-7-18-8-6-17;/h2-4H,5-9H2,1H3,(H3,13,14,16);1H. The molecule has 1 aliphatic heterocycles. The molecule has 6 nitrogen and oxygen atoms in total. The summed E-state index contributed by atoms with van der Waals surface area (Å²) in [7, 11) is 1.66. The Kier molecular flexibility index (Phi) is 6.85. The van der Waals surface area contributed by atoms with E-state index in [1.807, 2.05) is 18.3 Å². The fourth-order valence-corrected chi connectivity index (χ4v) is 1.89. The molecule has 0 spiro atoms. The van der Waals surface area contributed by atoms with Crippen molar-refractivity contribution in [2.24, 2.45) is 10.7 Å². The number of pyridine rings is 1. The van der Waals surface area contributed by atoms with E-state index in [0.29, 0.717) is 12.5 Å². The largest absolute Gasteiger partial charge is 0.378 e. The Morgan fingerprint density at radius 3 is 2.95 bits per heavy atom. The molecule has 0 unspecified atom stereocenters. The van der Waals surface area contributed by atoms with Gasteiger partial charge >= 0.3 is 0 Å². The van der Waals surface area contributed by atoms with E-state index in [4.69, 9.17) is 10.5 Å². The van der Waals surface area contributed by atoms with Gasteiger partial charge in [0, 0.05) is 38.4 Å². The van der Waals surface area contributed by atoms with Gasteiger partial charge in [0.2, 0.25) is 0 Å². The normalized spacial score (nSPS) is 15.8. The van der Waals surface area contributed by atoms with Crippen LogP contribution < -0.4 is 16.0 Å². The number of aromatic nitrogens is 1. The van der Waals surface area contributed by atoms with Gasteiger partial charge in [0.25, 0.3) is 0 Å². The number of nitrogens with zero attached hydrogens (tertiary/aromatic N) is 3. The molecule has 7 heteroatoms. The van der Waals surface area contributed by atoms with Crippen LogP contribution in [0, 0.1) is 0 Å². The second kappa shape index (κ2) is 8.16. The second-order valence-corrected chi connectivity index (χ2v) is 4.05. The number of rotatable bonds is 3. The van der Waals surface area contributed by atoms with Gasteiger partial charge in [-0.1, -0.05) is 6.07 Å². The lowest BCUT2D eigenvalue weighted by atomic mass is 10.2. The van der Waals surface area contributed by atoms with Crippen LogP contribution >= 0.6 is 24.0 Å². The minimum Gasteiger partial charge on any atom is -0.378 e. The molecule has 1 aliphatic rings. The van der Waals surface area contributed by atoms with Crippen molar-refractivity contribution < 1.29 is 4.74 Å². The van der Waals surface area contributed by atoms with Crippen molar-refractivity contribution in [3.05, 3.63) is 23.9 Å². The summed E-state index contributed by atoms with van der Waals surface area (Å²) >= 11 is 0. The van der Waals surface area contributed by atoms with E-state index in [0.717, 1.165) is 37.7 Å². The zero-order chi connectivity index (χ0) is 12.8. The summed E-state index contributed by atoms with van der Waals surface area (Å²) in [5, 5.41) is 3.06. The maximum Gasteiger partial charge on any atom is 0.188 e. The molecule has 1 aromatic heterocycles. The molecule has 2 rings (SSSR count). The Hall–Kier alpha value is -1.09. The number of nitrogens with two attached hydrogens (primary N) is 1. The molecule has 0 atom stereocenters. The van der Waals surface area contributed by atoms with Gasteiger partial charge < -0.3 is 20.7 Å². The van der Waals surface area contributed by atoms with Crippen LogP contribution in [0.2, 0.25) is 0 Å². The highest BCUT2D eigenvalue weighted by molar-refractivity contribution is 14.0. The Labute approximate surface area is 130 Å². The lowest BCUT2D eigenvalue weighted by Gasteiger charge is -2.29. The number of hydrogen-bond donors (Lipinski definition) is 2. The van der Waals surface area contributed by atoms with Crippen LogP contribution in [0.5, 0.6) is 0 Å². The molecule has 106 valence electrons. The zero-order valence-corrected chi connectivity index (χ0v) is 13.3. The van der Waals surface area contributed by atoms with Crippen molar-refractivity contribution in [3.63, 3.8) is 0 Å². The summed E-state index contributed by atoms with van der Waals surface area (Å²) in [4.78, 5) is 10.6. The van der Waals surface area contributed by atoms with E-state index >= 15 is 0 Å². The maximum atomic E-state index is 5.63. The molecule has 0 aliphatic carbocycles. The number of halogens is 1. The average molecular weight is 377 g/mol. The van der Waals surface area contributed by atoms with Gasteiger partial charge in [0.15, 0.2) is 5.96 Å². The van der Waals surface area contributed by atoms with E-state index in [1.165, 1.54) is 0 Å². The first-order valence-electron chi connectivity index (χ1n) is 6.04. The minimum absolute atomic E-state index is 0. The molecule has 1 aromatic rings. The van der Waals surface area contributed by atoms with Crippen LogP contribution in [0.25, 0.3) is 0 Å². The monoisotopic (exact) mass is 377 g/mol. The van der Waals surface area contributed by atoms with Gasteiger partial charge in [0.05, 0.1) is 13.2 Å². The first kappa shape index (κ1) is 16.0. The topological polar surface area (TPSA) is 75.8 Å². The van der Waals surface area contributed by atoms with Crippen molar-refractivity contribution in [3.8, 4) is 0 Å². The molecule has 0 bridgehead atoms. The minimum atomic E-state index is 0. The molecular weight excluding hydrogens is 357 g/mol. The lowest BCUT2D eigenvalue weighted by Crippen LogP contribution is -2.38. The third kappa shape index (κ3) is 4.50. The predicted octanol–water partition coefficient (Wildman–Crippen LogP) is 0.570. The zero-order valence-electron chi connectivity index (χ0n) is 11.0. The van der Waals surface area contributed by atoms with Gasteiger partial charge in [-0.3, -0.25) is 4.99 Å². The number of ether oxygens (including phenoxy) is 1. The highest BCUT2D eigenvalue weighted by Gasteiger charge is 2.15. The summed E-state index contributed by atoms with van der Waals surface area (Å²) in [6.45, 7) is 3.89. The molecular formula is C12H20IN5O. The van der Waals surface area contributed by atoms with Crippen LogP contribution in [-0.4, -0.2) is 44.3 Å². The summed E-state index contributed by atoms with van der Waals surface area (Å²) < 4.78 is 5.35. The number of morpholine rings is 1. The van der Waals surface area contributed by atoms with E-state index < -0.39 is 0 Å². The van der Waals surface area contributed by atoms with Crippen LogP contribution in [0.15, 0.2) is 23.3 Å². The molecule has 1 fully saturated rings. The van der Waals surface area contributed by atoms with E-state index in [-0.39, 0.29) is 24.0 Å². The molecule has 3 N–H and O–H groups in total. The number of anilines is 1. The van der Waals surface area contributed by atoms with Crippen molar-refractivity contribution in [2.45, 2.75) is 6.54 Å². The molecule has 2 heterocycles. The Bertz CT molecular complexity index is 420. The highest BCUT2D eigenvalue weighted by Crippen LogP contribution is 2.17. The van der Waals surface area contributed by atoms with Crippen LogP contribution in [0.1, 0.15) is 5.56 Å². The smallest absolute Gasteiger partial charge is 0.188 e. The maximum absolute atomic E-state index is 5.63. The summed E-state index contributed by atoms with van der Waals surface area (Å²) in [6.07, 6.45) is 1.81. The third-order valence-corrected chi connectivity index (χ3v) is 2.88. The molecule has 1 saturated heterocycles. The highest BCUT2D eigenvalue weighted by atomic mass is 127. The average Bonchev–Trinajstić information content (AvgIpc) is 2.46. The van der Waals surface area contributed by atoms with Crippen molar-refractivity contribution in [1.29, 1.82) is 0 Å². The van der Waals surface area contributed by atoms with Crippen LogP contribution in [0.4, 0.5) is 5.82 Å². The van der Waals surface area contributed by atoms with Crippen molar-refractivity contribution in [1.82, 2.24) is 10.3 Å². The first-order valence-corrected chi connectivity index (χ1v) is 6.04. The SMILES string of the molecule is CN=C(N)NCc1cccnc1N1CCOCC1.I. The van der Waals surface area contributed by atoms with E-state index in [1.54, 1.807) is 7.05 Å². The van der Waals surface area contributed by atoms with Crippen molar-refractivity contribution in [2.75, 3.05) is 38.3 Å². The summed E-state index contributed by atoms with van der Waals surface area (Å²) in [5.41, 5.74) is 6.75. The molecule has 19 heavy (non-hydrogen) atoms. The summed E-state index contributed by atoms with van der Waals surface area (Å²) in [6, 6.07) is 3.98. The van der Waals surface area contributed by atoms with Gasteiger partial charge in [-0.15, -0.1) is 24.0 Å². The molecule has 0 aromatic carbocycles.